The number of thioether (sulfide) groups is 1. The third kappa shape index (κ3) is 4.95. The first-order valence-electron chi connectivity index (χ1n) is 7.83. The molecule has 1 aliphatic rings. The number of nitrogens with zero attached hydrogens (tertiary/aromatic N) is 1. The number of urea groups is 1. The Kier molecular flexibility index (Phi) is 6.42. The Morgan fingerprint density at radius 2 is 2.24 bits per heavy atom. The molecule has 0 bridgehead atoms. The lowest BCUT2D eigenvalue weighted by Gasteiger charge is -2.31. The minimum Gasteiger partial charge on any atom is -0.359 e. The van der Waals surface area contributed by atoms with Crippen molar-refractivity contribution >= 4 is 17.8 Å². The Bertz CT molecular complexity index is 448. The zero-order valence-corrected chi connectivity index (χ0v) is 13.7. The summed E-state index contributed by atoms with van der Waals surface area (Å²) in [6.07, 6.45) is 5.59. The van der Waals surface area contributed by atoms with E-state index in [1.165, 1.54) is 19.3 Å². The van der Waals surface area contributed by atoms with Crippen LogP contribution in [0.15, 0.2) is 10.6 Å². The predicted octanol–water partition coefficient (Wildman–Crippen LogP) is 3.10. The normalized spacial score (nSPS) is 22.0. The van der Waals surface area contributed by atoms with E-state index in [-0.39, 0.29) is 12.1 Å². The largest absolute Gasteiger partial charge is 0.359 e. The number of carbonyl (C=O) groups is 1. The number of hydrogen-bond donors (Lipinski definition) is 2. The van der Waals surface area contributed by atoms with E-state index in [4.69, 9.17) is 4.52 Å². The number of nitrogens with one attached hydrogen (secondary N) is 2. The van der Waals surface area contributed by atoms with Crippen LogP contribution in [0.2, 0.25) is 0 Å². The molecule has 0 radical (unpaired) electrons. The molecule has 2 rings (SSSR count). The Balaban J connectivity index is 1.77. The highest BCUT2D eigenvalue weighted by Gasteiger charge is 2.26. The van der Waals surface area contributed by atoms with E-state index < -0.39 is 0 Å². The first kappa shape index (κ1) is 16.2. The van der Waals surface area contributed by atoms with E-state index >= 15 is 0 Å². The quantitative estimate of drug-likeness (QED) is 0.847. The highest BCUT2D eigenvalue weighted by molar-refractivity contribution is 7.99. The smallest absolute Gasteiger partial charge is 0.315 e. The van der Waals surface area contributed by atoms with Crippen molar-refractivity contribution in [2.45, 2.75) is 63.8 Å². The van der Waals surface area contributed by atoms with E-state index in [1.54, 1.807) is 0 Å². The molecular formula is C15H25N3O2S. The molecule has 2 atom stereocenters. The highest BCUT2D eigenvalue weighted by Crippen LogP contribution is 2.28. The topological polar surface area (TPSA) is 67.2 Å². The summed E-state index contributed by atoms with van der Waals surface area (Å²) in [5.74, 6) is 1.80. The van der Waals surface area contributed by atoms with Crippen molar-refractivity contribution < 1.29 is 9.32 Å². The second-order valence-electron chi connectivity index (χ2n) is 5.35. The zero-order chi connectivity index (χ0) is 15.1. The first-order chi connectivity index (χ1) is 10.2. The van der Waals surface area contributed by atoms with Gasteiger partial charge in [-0.2, -0.15) is 11.8 Å². The zero-order valence-electron chi connectivity index (χ0n) is 12.9. The van der Waals surface area contributed by atoms with Crippen LogP contribution < -0.4 is 10.6 Å². The maximum absolute atomic E-state index is 12.0. The number of hydrogen-bond acceptors (Lipinski definition) is 4. The summed E-state index contributed by atoms with van der Waals surface area (Å²) in [4.78, 5) is 12.0. The molecule has 6 heteroatoms. The average molecular weight is 311 g/mol. The minimum atomic E-state index is -0.113. The van der Waals surface area contributed by atoms with Crippen LogP contribution in [0, 0.1) is 0 Å². The highest BCUT2D eigenvalue weighted by atomic mass is 32.2. The van der Waals surface area contributed by atoms with Gasteiger partial charge in [-0.1, -0.05) is 31.8 Å². The summed E-state index contributed by atoms with van der Waals surface area (Å²) in [5.41, 5.74) is 0.916. The Hall–Kier alpha value is -1.17. The summed E-state index contributed by atoms with van der Waals surface area (Å²) in [6, 6.07) is 2.05. The van der Waals surface area contributed by atoms with Crippen LogP contribution >= 0.6 is 11.8 Å². The van der Waals surface area contributed by atoms with E-state index in [1.807, 2.05) is 24.8 Å². The second kappa shape index (κ2) is 8.32. The van der Waals surface area contributed by atoms with Gasteiger partial charge in [0.1, 0.15) is 0 Å². The summed E-state index contributed by atoms with van der Waals surface area (Å²) < 4.78 is 5.16. The third-order valence-corrected chi connectivity index (χ3v) is 5.12. The fourth-order valence-electron chi connectivity index (χ4n) is 2.67. The molecule has 0 spiro atoms. The summed E-state index contributed by atoms with van der Waals surface area (Å²) >= 11 is 1.95. The molecule has 1 aliphatic carbocycles. The number of rotatable bonds is 6. The fraction of sp³-hybridized carbons (Fsp3) is 0.733. The number of carbonyl (C=O) groups excluding carboxylic acids is 1. The van der Waals surface area contributed by atoms with Crippen LogP contribution in [0.4, 0.5) is 4.79 Å². The van der Waals surface area contributed by atoms with Crippen LogP contribution in [-0.4, -0.2) is 28.2 Å². The van der Waals surface area contributed by atoms with Crippen LogP contribution in [0.1, 0.15) is 51.0 Å². The van der Waals surface area contributed by atoms with Crippen molar-refractivity contribution in [1.82, 2.24) is 15.8 Å². The summed E-state index contributed by atoms with van der Waals surface area (Å²) in [6.45, 7) is 4.58. The van der Waals surface area contributed by atoms with Crippen molar-refractivity contribution in [3.8, 4) is 0 Å². The maximum Gasteiger partial charge on any atom is 0.315 e. The van der Waals surface area contributed by atoms with E-state index in [9.17, 15) is 4.79 Å². The molecule has 2 amide bonds. The van der Waals surface area contributed by atoms with Gasteiger partial charge in [0, 0.05) is 17.4 Å². The van der Waals surface area contributed by atoms with Gasteiger partial charge in [0.15, 0.2) is 5.76 Å². The molecule has 118 valence electrons. The van der Waals surface area contributed by atoms with E-state index in [0.717, 1.165) is 24.3 Å². The molecular weight excluding hydrogens is 286 g/mol. The van der Waals surface area contributed by atoms with Crippen LogP contribution in [0.5, 0.6) is 0 Å². The molecule has 2 N–H and O–H groups in total. The lowest BCUT2D eigenvalue weighted by atomic mass is 9.95. The number of amides is 2. The molecule has 1 aromatic rings. The lowest BCUT2D eigenvalue weighted by molar-refractivity contribution is 0.231. The molecule has 5 nitrogen and oxygen atoms in total. The molecule has 21 heavy (non-hydrogen) atoms. The van der Waals surface area contributed by atoms with Crippen molar-refractivity contribution in [1.29, 1.82) is 0 Å². The number of aromatic nitrogens is 1. The van der Waals surface area contributed by atoms with Gasteiger partial charge in [-0.05, 0) is 25.0 Å². The summed E-state index contributed by atoms with van der Waals surface area (Å²) in [5, 5.41) is 10.4. The SMILES string of the molecule is CCS[C@H]1CCCC[C@@H]1NC(=O)NCc1cc(CC)no1. The van der Waals surface area contributed by atoms with Crippen molar-refractivity contribution in [3.05, 3.63) is 17.5 Å². The predicted molar refractivity (Wildman–Crippen MR) is 85.4 cm³/mol. The van der Waals surface area contributed by atoms with Crippen LogP contribution in [0.3, 0.4) is 0 Å². The average Bonchev–Trinajstić information content (AvgIpc) is 2.95. The number of aryl methyl sites for hydroxylation is 1. The van der Waals surface area contributed by atoms with E-state index in [0.29, 0.717) is 17.6 Å². The molecule has 0 unspecified atom stereocenters. The lowest BCUT2D eigenvalue weighted by Crippen LogP contribution is -2.47. The molecule has 1 fully saturated rings. The molecule has 0 saturated heterocycles. The van der Waals surface area contributed by atoms with Gasteiger partial charge in [0.25, 0.3) is 0 Å². The van der Waals surface area contributed by atoms with Crippen molar-refractivity contribution in [2.75, 3.05) is 5.75 Å². The van der Waals surface area contributed by atoms with Gasteiger partial charge in [-0.15, -0.1) is 0 Å². The summed E-state index contributed by atoms with van der Waals surface area (Å²) in [7, 11) is 0. The Morgan fingerprint density at radius 1 is 1.43 bits per heavy atom. The molecule has 0 aromatic carbocycles. The van der Waals surface area contributed by atoms with Gasteiger partial charge in [0.05, 0.1) is 12.2 Å². The fourth-order valence-corrected chi connectivity index (χ4v) is 3.87. The standard InChI is InChI=1S/C15H25N3O2S/c1-3-11-9-12(20-18-11)10-16-15(19)17-13-7-5-6-8-14(13)21-4-2/h9,13-14H,3-8,10H2,1-2H3,(H2,16,17,19)/t13-,14-/m0/s1. The molecule has 0 aliphatic heterocycles. The second-order valence-corrected chi connectivity index (χ2v) is 6.87. The monoisotopic (exact) mass is 311 g/mol. The minimum absolute atomic E-state index is 0.113. The first-order valence-corrected chi connectivity index (χ1v) is 8.88. The van der Waals surface area contributed by atoms with Crippen molar-refractivity contribution in [3.63, 3.8) is 0 Å². The molecule has 1 heterocycles. The third-order valence-electron chi connectivity index (χ3n) is 3.79. The molecule has 1 aromatic heterocycles. The van der Waals surface area contributed by atoms with Gasteiger partial charge < -0.3 is 15.2 Å². The van der Waals surface area contributed by atoms with E-state index in [2.05, 4.69) is 22.7 Å². The van der Waals surface area contributed by atoms with Crippen LogP contribution in [-0.2, 0) is 13.0 Å². The van der Waals surface area contributed by atoms with Crippen molar-refractivity contribution in [2.24, 2.45) is 0 Å². The van der Waals surface area contributed by atoms with Gasteiger partial charge >= 0.3 is 6.03 Å². The maximum atomic E-state index is 12.0. The van der Waals surface area contributed by atoms with Gasteiger partial charge in [-0.3, -0.25) is 0 Å². The van der Waals surface area contributed by atoms with Gasteiger partial charge in [-0.25, -0.2) is 4.79 Å². The Morgan fingerprint density at radius 3 is 2.95 bits per heavy atom. The van der Waals surface area contributed by atoms with Crippen LogP contribution in [0.25, 0.3) is 0 Å². The molecule has 1 saturated carbocycles. The van der Waals surface area contributed by atoms with Gasteiger partial charge in [0.2, 0.25) is 0 Å². The Labute approximate surface area is 130 Å².